The third kappa shape index (κ3) is 2.65. The minimum atomic E-state index is -1.16. The molecule has 0 spiro atoms. The molecule has 1 aromatic carbocycles. The first-order valence-corrected chi connectivity index (χ1v) is 6.13. The summed E-state index contributed by atoms with van der Waals surface area (Å²) in [5, 5.41) is 18.6. The summed E-state index contributed by atoms with van der Waals surface area (Å²) in [6, 6.07) is 4.25. The summed E-state index contributed by atoms with van der Waals surface area (Å²) >= 11 is 5.76. The molecule has 0 unspecified atom stereocenters. The number of aromatic amines is 1. The van der Waals surface area contributed by atoms with Gasteiger partial charge < -0.3 is 10.4 Å². The SMILES string of the molecule is Cc1n[nH]c(C)c1C(=O)Nc1ccc(Cl)cc1C(=O)O. The quantitative estimate of drug-likeness (QED) is 0.810. The highest BCUT2D eigenvalue weighted by Gasteiger charge is 2.18. The molecule has 3 N–H and O–H groups in total. The number of nitrogens with zero attached hydrogens (tertiary/aromatic N) is 1. The number of aromatic carboxylic acids is 1. The lowest BCUT2D eigenvalue weighted by Crippen LogP contribution is -2.16. The molecule has 0 fully saturated rings. The average molecular weight is 294 g/mol. The van der Waals surface area contributed by atoms with Crippen LogP contribution in [0.15, 0.2) is 18.2 Å². The standard InChI is InChI=1S/C13H12ClN3O3/c1-6-11(7(2)17-16-6)12(18)15-10-4-3-8(14)5-9(10)13(19)20/h3-5H,1-2H3,(H,15,18)(H,16,17)(H,19,20). The van der Waals surface area contributed by atoms with Gasteiger partial charge in [-0.25, -0.2) is 4.79 Å². The van der Waals surface area contributed by atoms with Gasteiger partial charge in [-0.3, -0.25) is 9.89 Å². The Morgan fingerprint density at radius 3 is 2.60 bits per heavy atom. The highest BCUT2D eigenvalue weighted by atomic mass is 35.5. The molecule has 0 radical (unpaired) electrons. The lowest BCUT2D eigenvalue weighted by atomic mass is 10.1. The number of nitrogens with one attached hydrogen (secondary N) is 2. The topological polar surface area (TPSA) is 95.1 Å². The molecule has 104 valence electrons. The number of H-pyrrole nitrogens is 1. The molecule has 1 amide bonds. The number of hydrogen-bond donors (Lipinski definition) is 3. The van der Waals surface area contributed by atoms with E-state index in [1.165, 1.54) is 18.2 Å². The van der Waals surface area contributed by atoms with Crippen LogP contribution in [-0.2, 0) is 0 Å². The number of aromatic nitrogens is 2. The Labute approximate surface area is 119 Å². The molecule has 1 heterocycles. The van der Waals surface area contributed by atoms with Crippen molar-refractivity contribution in [2.24, 2.45) is 0 Å². The second-order valence-electron chi connectivity index (χ2n) is 4.26. The van der Waals surface area contributed by atoms with Gasteiger partial charge >= 0.3 is 5.97 Å². The number of carboxylic acid groups (broad SMARTS) is 1. The highest BCUT2D eigenvalue weighted by Crippen LogP contribution is 2.22. The fourth-order valence-electron chi connectivity index (χ4n) is 1.87. The van der Waals surface area contributed by atoms with Crippen LogP contribution in [0.25, 0.3) is 0 Å². The van der Waals surface area contributed by atoms with Gasteiger partial charge in [0.2, 0.25) is 0 Å². The van der Waals surface area contributed by atoms with Crippen LogP contribution in [0.2, 0.25) is 5.02 Å². The second kappa shape index (κ2) is 5.34. The molecule has 0 aliphatic rings. The normalized spacial score (nSPS) is 10.3. The van der Waals surface area contributed by atoms with E-state index in [1.807, 2.05) is 0 Å². The maximum absolute atomic E-state index is 12.2. The molecule has 20 heavy (non-hydrogen) atoms. The number of rotatable bonds is 3. The number of aryl methyl sites for hydroxylation is 2. The Hall–Kier alpha value is -2.34. The van der Waals surface area contributed by atoms with Crippen molar-refractivity contribution in [3.05, 3.63) is 45.7 Å². The first-order valence-electron chi connectivity index (χ1n) is 5.76. The van der Waals surface area contributed by atoms with Gasteiger partial charge in [0.1, 0.15) is 0 Å². The summed E-state index contributed by atoms with van der Waals surface area (Å²) in [6.45, 7) is 3.41. The maximum Gasteiger partial charge on any atom is 0.337 e. The third-order valence-corrected chi connectivity index (χ3v) is 3.05. The summed E-state index contributed by atoms with van der Waals surface area (Å²) < 4.78 is 0. The van der Waals surface area contributed by atoms with Crippen molar-refractivity contribution in [2.75, 3.05) is 5.32 Å². The Balaban J connectivity index is 2.36. The van der Waals surface area contributed by atoms with Gasteiger partial charge in [0.15, 0.2) is 0 Å². The molecule has 0 saturated carbocycles. The lowest BCUT2D eigenvalue weighted by molar-refractivity contribution is 0.0698. The Kier molecular flexibility index (Phi) is 3.76. The predicted octanol–water partition coefficient (Wildman–Crippen LogP) is 2.63. The molecule has 0 aliphatic carbocycles. The smallest absolute Gasteiger partial charge is 0.337 e. The molecule has 0 saturated heterocycles. The molecule has 6 nitrogen and oxygen atoms in total. The molecule has 1 aromatic heterocycles. The van der Waals surface area contributed by atoms with Crippen LogP contribution in [0.5, 0.6) is 0 Å². The van der Waals surface area contributed by atoms with Crippen LogP contribution in [0, 0.1) is 13.8 Å². The molecule has 2 rings (SSSR count). The minimum Gasteiger partial charge on any atom is -0.478 e. The van der Waals surface area contributed by atoms with Gasteiger partial charge in [0, 0.05) is 10.7 Å². The molecule has 0 bridgehead atoms. The molecule has 2 aromatic rings. The van der Waals surface area contributed by atoms with Crippen LogP contribution in [0.4, 0.5) is 5.69 Å². The van der Waals surface area contributed by atoms with Gasteiger partial charge in [-0.05, 0) is 32.0 Å². The van der Waals surface area contributed by atoms with Crippen molar-refractivity contribution in [1.29, 1.82) is 0 Å². The lowest BCUT2D eigenvalue weighted by Gasteiger charge is -2.09. The van der Waals surface area contributed by atoms with E-state index >= 15 is 0 Å². The number of amides is 1. The molecule has 0 aliphatic heterocycles. The van der Waals surface area contributed by atoms with Crippen molar-refractivity contribution >= 4 is 29.2 Å². The zero-order chi connectivity index (χ0) is 14.9. The van der Waals surface area contributed by atoms with Crippen LogP contribution < -0.4 is 5.32 Å². The number of hydrogen-bond acceptors (Lipinski definition) is 3. The van der Waals surface area contributed by atoms with Gasteiger partial charge in [0.05, 0.1) is 22.5 Å². The van der Waals surface area contributed by atoms with Gasteiger partial charge in [-0.1, -0.05) is 11.6 Å². The van der Waals surface area contributed by atoms with E-state index in [-0.39, 0.29) is 16.3 Å². The van der Waals surface area contributed by atoms with Crippen molar-refractivity contribution in [1.82, 2.24) is 10.2 Å². The summed E-state index contributed by atoms with van der Waals surface area (Å²) in [4.78, 5) is 23.3. The highest BCUT2D eigenvalue weighted by molar-refractivity contribution is 6.31. The van der Waals surface area contributed by atoms with E-state index in [9.17, 15) is 9.59 Å². The van der Waals surface area contributed by atoms with Crippen LogP contribution >= 0.6 is 11.6 Å². The fourth-order valence-corrected chi connectivity index (χ4v) is 2.04. The summed E-state index contributed by atoms with van der Waals surface area (Å²) in [7, 11) is 0. The number of halogens is 1. The number of carbonyl (C=O) groups is 2. The molecule has 7 heteroatoms. The van der Waals surface area contributed by atoms with Crippen molar-refractivity contribution in [3.63, 3.8) is 0 Å². The second-order valence-corrected chi connectivity index (χ2v) is 4.69. The fraction of sp³-hybridized carbons (Fsp3) is 0.154. The maximum atomic E-state index is 12.2. The number of anilines is 1. The zero-order valence-electron chi connectivity index (χ0n) is 10.8. The third-order valence-electron chi connectivity index (χ3n) is 2.82. The van der Waals surface area contributed by atoms with E-state index < -0.39 is 11.9 Å². The summed E-state index contributed by atoms with van der Waals surface area (Å²) in [6.07, 6.45) is 0. The van der Waals surface area contributed by atoms with Crippen molar-refractivity contribution in [3.8, 4) is 0 Å². The molecular formula is C13H12ClN3O3. The first kappa shape index (κ1) is 14.1. The van der Waals surface area contributed by atoms with Crippen LogP contribution in [0.1, 0.15) is 32.1 Å². The first-order chi connectivity index (χ1) is 9.40. The zero-order valence-corrected chi connectivity index (χ0v) is 11.6. The largest absolute Gasteiger partial charge is 0.478 e. The Bertz CT molecular complexity index is 675. The average Bonchev–Trinajstić information content (AvgIpc) is 2.71. The van der Waals surface area contributed by atoms with Crippen LogP contribution in [-0.4, -0.2) is 27.2 Å². The predicted molar refractivity (Wildman–Crippen MR) is 74.4 cm³/mol. The van der Waals surface area contributed by atoms with E-state index in [2.05, 4.69) is 15.5 Å². The van der Waals surface area contributed by atoms with Crippen molar-refractivity contribution in [2.45, 2.75) is 13.8 Å². The number of carboxylic acids is 1. The number of carbonyl (C=O) groups excluding carboxylic acids is 1. The minimum absolute atomic E-state index is 0.0651. The summed E-state index contributed by atoms with van der Waals surface area (Å²) in [5.74, 6) is -1.58. The summed E-state index contributed by atoms with van der Waals surface area (Å²) in [5.41, 5.74) is 1.68. The van der Waals surface area contributed by atoms with E-state index in [4.69, 9.17) is 16.7 Å². The Morgan fingerprint density at radius 2 is 2.05 bits per heavy atom. The van der Waals surface area contributed by atoms with Crippen molar-refractivity contribution < 1.29 is 14.7 Å². The van der Waals surface area contributed by atoms with E-state index in [1.54, 1.807) is 13.8 Å². The molecular weight excluding hydrogens is 282 g/mol. The molecule has 0 atom stereocenters. The van der Waals surface area contributed by atoms with Gasteiger partial charge in [-0.15, -0.1) is 0 Å². The monoisotopic (exact) mass is 293 g/mol. The van der Waals surface area contributed by atoms with Crippen LogP contribution in [0.3, 0.4) is 0 Å². The van der Waals surface area contributed by atoms with E-state index in [0.29, 0.717) is 17.0 Å². The Morgan fingerprint density at radius 1 is 1.35 bits per heavy atom. The van der Waals surface area contributed by atoms with Gasteiger partial charge in [0.25, 0.3) is 5.91 Å². The number of benzene rings is 1. The van der Waals surface area contributed by atoms with Gasteiger partial charge in [-0.2, -0.15) is 5.10 Å². The van der Waals surface area contributed by atoms with E-state index in [0.717, 1.165) is 0 Å².